The second kappa shape index (κ2) is 7.64. The Hall–Kier alpha value is -2.82. The highest BCUT2D eigenvalue weighted by Crippen LogP contribution is 2.22. The molecule has 0 aliphatic rings. The van der Waals surface area contributed by atoms with E-state index in [0.717, 1.165) is 16.9 Å². The molecule has 126 valence electrons. The molecule has 0 amide bonds. The van der Waals surface area contributed by atoms with E-state index < -0.39 is 0 Å². The Morgan fingerprint density at radius 2 is 1.58 bits per heavy atom. The number of hydrogen-bond donors (Lipinski definition) is 1. The number of rotatable bonds is 6. The minimum absolute atomic E-state index is 0.0352. The van der Waals surface area contributed by atoms with Gasteiger partial charge in [-0.3, -0.25) is 4.79 Å². The van der Waals surface area contributed by atoms with E-state index >= 15 is 0 Å². The molecular formula is C19H23N3O2. The van der Waals surface area contributed by atoms with E-state index in [9.17, 15) is 4.79 Å². The largest absolute Gasteiger partial charge is 0.411 e. The van der Waals surface area contributed by atoms with Crippen LogP contribution in [0, 0.1) is 0 Å². The van der Waals surface area contributed by atoms with Crippen molar-refractivity contribution in [2.45, 2.75) is 6.42 Å². The third-order valence-electron chi connectivity index (χ3n) is 3.89. The summed E-state index contributed by atoms with van der Waals surface area (Å²) in [7, 11) is 7.81. The van der Waals surface area contributed by atoms with Crippen LogP contribution in [0.15, 0.2) is 47.6 Å². The first kappa shape index (κ1) is 17.5. The summed E-state index contributed by atoms with van der Waals surface area (Å²) in [6.07, 6.45) is 1.79. The van der Waals surface area contributed by atoms with Crippen LogP contribution >= 0.6 is 0 Å². The molecule has 0 heterocycles. The number of carbonyl (C=O) groups is 1. The maximum Gasteiger partial charge on any atom is 0.193 e. The Morgan fingerprint density at radius 1 is 1.00 bits per heavy atom. The Bertz CT molecular complexity index is 735. The molecule has 5 heteroatoms. The number of carbonyl (C=O) groups excluding carboxylic acids is 1. The first-order valence-corrected chi connectivity index (χ1v) is 7.72. The number of hydrogen-bond acceptors (Lipinski definition) is 5. The van der Waals surface area contributed by atoms with Crippen LogP contribution in [0.4, 0.5) is 11.4 Å². The highest BCUT2D eigenvalue weighted by atomic mass is 16.4. The molecule has 1 N–H and O–H groups in total. The molecule has 0 fully saturated rings. The Labute approximate surface area is 142 Å². The molecule has 0 aromatic heterocycles. The molecule has 0 aliphatic heterocycles. The minimum atomic E-state index is -0.0352. The van der Waals surface area contributed by atoms with E-state index in [0.29, 0.717) is 17.5 Å². The third kappa shape index (κ3) is 3.93. The smallest absolute Gasteiger partial charge is 0.193 e. The van der Waals surface area contributed by atoms with Crippen molar-refractivity contribution in [1.82, 2.24) is 0 Å². The van der Waals surface area contributed by atoms with Gasteiger partial charge in [0, 0.05) is 63.3 Å². The molecule has 0 spiro atoms. The molecular weight excluding hydrogens is 302 g/mol. The van der Waals surface area contributed by atoms with E-state index in [1.54, 1.807) is 0 Å². The van der Waals surface area contributed by atoms with Gasteiger partial charge in [-0.1, -0.05) is 0 Å². The average Bonchev–Trinajstić information content (AvgIpc) is 2.59. The minimum Gasteiger partial charge on any atom is -0.411 e. The van der Waals surface area contributed by atoms with Gasteiger partial charge in [0.25, 0.3) is 0 Å². The first-order valence-electron chi connectivity index (χ1n) is 7.72. The molecule has 0 bridgehead atoms. The molecule has 0 saturated carbocycles. The van der Waals surface area contributed by atoms with Crippen molar-refractivity contribution in [1.29, 1.82) is 0 Å². The molecule has 0 atom stereocenters. The predicted octanol–water partition coefficient (Wildman–Crippen LogP) is 3.05. The molecule has 0 unspecified atom stereocenters. The lowest BCUT2D eigenvalue weighted by Crippen LogP contribution is -2.12. The fraction of sp³-hybridized carbons (Fsp3) is 0.263. The molecule has 24 heavy (non-hydrogen) atoms. The lowest BCUT2D eigenvalue weighted by atomic mass is 9.96. The predicted molar refractivity (Wildman–Crippen MR) is 99.0 cm³/mol. The van der Waals surface area contributed by atoms with Gasteiger partial charge >= 0.3 is 0 Å². The fourth-order valence-electron chi connectivity index (χ4n) is 2.45. The zero-order chi connectivity index (χ0) is 17.7. The van der Waals surface area contributed by atoms with E-state index in [-0.39, 0.29) is 5.78 Å². The Morgan fingerprint density at radius 3 is 2.12 bits per heavy atom. The maximum atomic E-state index is 12.9. The van der Waals surface area contributed by atoms with E-state index in [1.807, 2.05) is 80.5 Å². The van der Waals surface area contributed by atoms with Crippen molar-refractivity contribution in [2.75, 3.05) is 38.0 Å². The maximum absolute atomic E-state index is 12.9. The van der Waals surface area contributed by atoms with Gasteiger partial charge in [-0.05, 0) is 48.0 Å². The van der Waals surface area contributed by atoms with Crippen LogP contribution in [0.25, 0.3) is 0 Å². The van der Waals surface area contributed by atoms with Gasteiger partial charge in [-0.25, -0.2) is 0 Å². The van der Waals surface area contributed by atoms with E-state index in [2.05, 4.69) is 5.16 Å². The lowest BCUT2D eigenvalue weighted by Gasteiger charge is -2.16. The van der Waals surface area contributed by atoms with Gasteiger partial charge in [0.1, 0.15) is 0 Å². The van der Waals surface area contributed by atoms with Crippen LogP contribution in [-0.2, 0) is 6.42 Å². The number of nitrogens with zero attached hydrogens (tertiary/aromatic N) is 3. The highest BCUT2D eigenvalue weighted by molar-refractivity contribution is 6.10. The van der Waals surface area contributed by atoms with Gasteiger partial charge in [-0.15, -0.1) is 5.16 Å². The second-order valence-corrected chi connectivity index (χ2v) is 6.01. The number of oxime groups is 1. The van der Waals surface area contributed by atoms with Crippen molar-refractivity contribution >= 4 is 23.4 Å². The lowest BCUT2D eigenvalue weighted by molar-refractivity contribution is 0.103. The summed E-state index contributed by atoms with van der Waals surface area (Å²) in [6.45, 7) is 0. The normalized spacial score (nSPS) is 10.8. The monoisotopic (exact) mass is 325 g/mol. The Kier molecular flexibility index (Phi) is 5.58. The molecule has 0 aliphatic carbocycles. The first-order chi connectivity index (χ1) is 11.4. The SMILES string of the molecule is CN(C)c1ccc(C(=O)c2ccc(N(C)C)cc2CC=NO)cc1. The van der Waals surface area contributed by atoms with E-state index in [4.69, 9.17) is 5.21 Å². The van der Waals surface area contributed by atoms with Crippen LogP contribution in [0.5, 0.6) is 0 Å². The molecule has 5 nitrogen and oxygen atoms in total. The van der Waals surface area contributed by atoms with Crippen LogP contribution in [-0.4, -0.2) is 45.4 Å². The molecule has 0 radical (unpaired) electrons. The summed E-state index contributed by atoms with van der Waals surface area (Å²) in [4.78, 5) is 16.8. The van der Waals surface area contributed by atoms with Crippen LogP contribution in [0.1, 0.15) is 21.5 Å². The number of ketones is 1. The average molecular weight is 325 g/mol. The zero-order valence-electron chi connectivity index (χ0n) is 14.5. The van der Waals surface area contributed by atoms with Crippen molar-refractivity contribution in [2.24, 2.45) is 5.16 Å². The third-order valence-corrected chi connectivity index (χ3v) is 3.89. The summed E-state index contributed by atoms with van der Waals surface area (Å²) in [5.41, 5.74) is 4.14. The topological polar surface area (TPSA) is 56.1 Å². The number of anilines is 2. The van der Waals surface area contributed by atoms with Gasteiger partial charge in [-0.2, -0.15) is 0 Å². The molecule has 2 aromatic carbocycles. The highest BCUT2D eigenvalue weighted by Gasteiger charge is 2.14. The fourth-order valence-corrected chi connectivity index (χ4v) is 2.45. The van der Waals surface area contributed by atoms with Gasteiger partial charge in [0.15, 0.2) is 5.78 Å². The summed E-state index contributed by atoms with van der Waals surface area (Å²) in [5, 5.41) is 11.8. The van der Waals surface area contributed by atoms with Crippen LogP contribution in [0.2, 0.25) is 0 Å². The molecule has 2 aromatic rings. The molecule has 0 saturated heterocycles. The van der Waals surface area contributed by atoms with Crippen LogP contribution < -0.4 is 9.80 Å². The second-order valence-electron chi connectivity index (χ2n) is 6.01. The van der Waals surface area contributed by atoms with E-state index in [1.165, 1.54) is 6.21 Å². The molecule has 2 rings (SSSR count). The zero-order valence-corrected chi connectivity index (χ0v) is 14.5. The van der Waals surface area contributed by atoms with Crippen molar-refractivity contribution in [3.63, 3.8) is 0 Å². The van der Waals surface area contributed by atoms with Crippen molar-refractivity contribution < 1.29 is 10.0 Å². The summed E-state index contributed by atoms with van der Waals surface area (Å²) in [6, 6.07) is 13.2. The summed E-state index contributed by atoms with van der Waals surface area (Å²) < 4.78 is 0. The van der Waals surface area contributed by atoms with Crippen LogP contribution in [0.3, 0.4) is 0 Å². The quantitative estimate of drug-likeness (QED) is 0.384. The Balaban J connectivity index is 2.39. The van der Waals surface area contributed by atoms with Crippen molar-refractivity contribution in [3.05, 3.63) is 59.2 Å². The van der Waals surface area contributed by atoms with Gasteiger partial charge in [0.2, 0.25) is 0 Å². The summed E-state index contributed by atoms with van der Waals surface area (Å²) in [5.74, 6) is -0.0352. The number of benzene rings is 2. The van der Waals surface area contributed by atoms with Gasteiger partial charge in [0.05, 0.1) is 0 Å². The van der Waals surface area contributed by atoms with Crippen molar-refractivity contribution in [3.8, 4) is 0 Å². The standard InChI is InChI=1S/C19H23N3O2/c1-21(2)16-7-5-14(6-8-16)19(23)18-10-9-17(22(3)4)13-15(18)11-12-20-24/h5-10,12-13,24H,11H2,1-4H3. The van der Waals surface area contributed by atoms with Gasteiger partial charge < -0.3 is 15.0 Å². The summed E-state index contributed by atoms with van der Waals surface area (Å²) >= 11 is 0.